The molecular weight excluding hydrogens is 476 g/mol. The molecule has 6 nitrogen and oxygen atoms in total. The highest BCUT2D eigenvalue weighted by molar-refractivity contribution is 14.0. The second-order valence-corrected chi connectivity index (χ2v) is 6.75. The molecule has 2 rings (SSSR count). The number of ether oxygens (including phenoxy) is 3. The van der Waals surface area contributed by atoms with E-state index in [1.165, 1.54) is 12.1 Å². The van der Waals surface area contributed by atoms with E-state index >= 15 is 0 Å². The van der Waals surface area contributed by atoms with Crippen LogP contribution in [0.5, 0.6) is 5.75 Å². The number of hydrogen-bond donors (Lipinski definition) is 1. The Labute approximate surface area is 184 Å². The lowest BCUT2D eigenvalue weighted by atomic mass is 10.1. The second-order valence-electron chi connectivity index (χ2n) is 6.75. The number of nitrogens with zero attached hydrogens (tertiary/aromatic N) is 2. The van der Waals surface area contributed by atoms with E-state index in [1.54, 1.807) is 19.2 Å². The third-order valence-corrected chi connectivity index (χ3v) is 4.35. The molecule has 0 saturated carbocycles. The van der Waals surface area contributed by atoms with Crippen LogP contribution in [-0.2, 0) is 9.47 Å². The molecule has 8 heteroatoms. The normalized spacial score (nSPS) is 17.9. The van der Waals surface area contributed by atoms with Gasteiger partial charge in [0.1, 0.15) is 17.7 Å². The van der Waals surface area contributed by atoms with Gasteiger partial charge >= 0.3 is 0 Å². The minimum atomic E-state index is -0.266. The van der Waals surface area contributed by atoms with Gasteiger partial charge in [0, 0.05) is 32.7 Å². The number of halogens is 2. The summed E-state index contributed by atoms with van der Waals surface area (Å²) in [6.45, 7) is 9.31. The zero-order valence-electron chi connectivity index (χ0n) is 17.0. The van der Waals surface area contributed by atoms with Crippen molar-refractivity contribution in [2.45, 2.75) is 26.4 Å². The van der Waals surface area contributed by atoms with Crippen molar-refractivity contribution >= 4 is 29.9 Å². The predicted molar refractivity (Wildman–Crippen MR) is 120 cm³/mol. The minimum absolute atomic E-state index is 0. The van der Waals surface area contributed by atoms with Crippen LogP contribution in [0.25, 0.3) is 0 Å². The number of nitrogens with one attached hydrogen (secondary N) is 1. The van der Waals surface area contributed by atoms with Crippen LogP contribution in [0, 0.1) is 11.7 Å². The summed E-state index contributed by atoms with van der Waals surface area (Å²) in [5.74, 6) is 1.81. The molecule has 2 unspecified atom stereocenters. The quantitative estimate of drug-likeness (QED) is 0.227. The first-order chi connectivity index (χ1) is 13.1. The summed E-state index contributed by atoms with van der Waals surface area (Å²) >= 11 is 0. The molecule has 1 aliphatic rings. The molecular formula is C20H33FIN3O3. The lowest BCUT2D eigenvalue weighted by Crippen LogP contribution is -2.41. The summed E-state index contributed by atoms with van der Waals surface area (Å²) in [5, 5.41) is 3.36. The molecule has 1 N–H and O–H groups in total. The molecule has 0 radical (unpaired) electrons. The van der Waals surface area contributed by atoms with Gasteiger partial charge < -0.3 is 24.4 Å². The van der Waals surface area contributed by atoms with Crippen molar-refractivity contribution in [2.24, 2.45) is 10.9 Å². The van der Waals surface area contributed by atoms with Crippen molar-refractivity contribution in [1.82, 2.24) is 10.2 Å². The van der Waals surface area contributed by atoms with Gasteiger partial charge in [0.25, 0.3) is 0 Å². The van der Waals surface area contributed by atoms with E-state index < -0.39 is 0 Å². The van der Waals surface area contributed by atoms with Crippen molar-refractivity contribution in [3.05, 3.63) is 30.1 Å². The predicted octanol–water partition coefficient (Wildman–Crippen LogP) is 3.16. The molecule has 1 heterocycles. The number of benzene rings is 1. The van der Waals surface area contributed by atoms with Gasteiger partial charge in [-0.25, -0.2) is 9.38 Å². The van der Waals surface area contributed by atoms with Gasteiger partial charge in [-0.05, 0) is 44.5 Å². The van der Waals surface area contributed by atoms with Crippen LogP contribution in [0.3, 0.4) is 0 Å². The Bertz CT molecular complexity index is 574. The molecule has 1 saturated heterocycles. The first-order valence-electron chi connectivity index (χ1n) is 9.64. The van der Waals surface area contributed by atoms with Crippen molar-refractivity contribution in [1.29, 1.82) is 0 Å². The van der Waals surface area contributed by atoms with Gasteiger partial charge in [0.05, 0.1) is 26.4 Å². The number of aliphatic imine (C=N–C) groups is 1. The highest BCUT2D eigenvalue weighted by atomic mass is 127. The monoisotopic (exact) mass is 509 g/mol. The van der Waals surface area contributed by atoms with Crippen molar-refractivity contribution in [2.75, 3.05) is 53.1 Å². The standard InChI is InChI=1S/C20H32FN3O3.HI/c1-4-22-20(24-10-9-17(14-24)15-26-12-11-25-3)23-13-16(2)27-19-7-5-18(21)6-8-19;/h5-8,16-17H,4,9-15H2,1-3H3,(H,22,23);1H. The van der Waals surface area contributed by atoms with Gasteiger partial charge in [0.15, 0.2) is 5.96 Å². The van der Waals surface area contributed by atoms with Gasteiger partial charge in [0.2, 0.25) is 0 Å². The molecule has 160 valence electrons. The van der Waals surface area contributed by atoms with Crippen molar-refractivity contribution in [3.8, 4) is 5.75 Å². The number of rotatable bonds is 10. The fraction of sp³-hybridized carbons (Fsp3) is 0.650. The van der Waals surface area contributed by atoms with Gasteiger partial charge in [-0.2, -0.15) is 0 Å². The SMILES string of the molecule is CCNC(=NCC(C)Oc1ccc(F)cc1)N1CCC(COCCOC)C1.I. The third kappa shape index (κ3) is 8.91. The zero-order chi connectivity index (χ0) is 19.5. The molecule has 2 atom stereocenters. The van der Waals surface area contributed by atoms with Crippen LogP contribution < -0.4 is 10.1 Å². The Hall–Kier alpha value is -1.13. The highest BCUT2D eigenvalue weighted by Crippen LogP contribution is 2.17. The number of likely N-dealkylation sites (tertiary alicyclic amines) is 1. The fourth-order valence-electron chi connectivity index (χ4n) is 2.98. The van der Waals surface area contributed by atoms with Crippen LogP contribution >= 0.6 is 24.0 Å². The van der Waals surface area contributed by atoms with E-state index in [1.807, 2.05) is 6.92 Å². The molecule has 0 amide bonds. The molecule has 28 heavy (non-hydrogen) atoms. The molecule has 0 bridgehead atoms. The largest absolute Gasteiger partial charge is 0.489 e. The number of methoxy groups -OCH3 is 1. The van der Waals surface area contributed by atoms with Crippen molar-refractivity contribution in [3.63, 3.8) is 0 Å². The first kappa shape index (κ1) is 24.9. The van der Waals surface area contributed by atoms with E-state index in [2.05, 4.69) is 17.1 Å². The van der Waals surface area contributed by atoms with Crippen LogP contribution in [0.4, 0.5) is 4.39 Å². The van der Waals surface area contributed by atoms with Crippen LogP contribution in [-0.4, -0.2) is 70.1 Å². The molecule has 0 aromatic heterocycles. The summed E-state index contributed by atoms with van der Waals surface area (Å²) in [5.41, 5.74) is 0. The van der Waals surface area contributed by atoms with E-state index in [9.17, 15) is 4.39 Å². The Morgan fingerprint density at radius 2 is 2.07 bits per heavy atom. The van der Waals surface area contributed by atoms with E-state index in [4.69, 9.17) is 19.2 Å². The maximum Gasteiger partial charge on any atom is 0.194 e. The van der Waals surface area contributed by atoms with E-state index in [0.29, 0.717) is 31.4 Å². The lowest BCUT2D eigenvalue weighted by Gasteiger charge is -2.22. The molecule has 1 aliphatic heterocycles. The lowest BCUT2D eigenvalue weighted by molar-refractivity contribution is 0.0536. The smallest absolute Gasteiger partial charge is 0.194 e. The molecule has 1 aromatic carbocycles. The topological polar surface area (TPSA) is 55.3 Å². The third-order valence-electron chi connectivity index (χ3n) is 4.35. The summed E-state index contributed by atoms with van der Waals surface area (Å²) in [6, 6.07) is 6.06. The molecule has 1 fully saturated rings. The van der Waals surface area contributed by atoms with Crippen LogP contribution in [0.15, 0.2) is 29.3 Å². The maximum atomic E-state index is 13.0. The Balaban J connectivity index is 0.00000392. The Morgan fingerprint density at radius 3 is 2.75 bits per heavy atom. The average Bonchev–Trinajstić information content (AvgIpc) is 3.13. The zero-order valence-corrected chi connectivity index (χ0v) is 19.4. The number of hydrogen-bond acceptors (Lipinski definition) is 4. The van der Waals surface area contributed by atoms with Crippen molar-refractivity contribution < 1.29 is 18.6 Å². The summed E-state index contributed by atoms with van der Waals surface area (Å²) in [4.78, 5) is 7.00. The molecule has 1 aromatic rings. The molecule has 0 aliphatic carbocycles. The summed E-state index contributed by atoms with van der Waals surface area (Å²) in [7, 11) is 1.68. The van der Waals surface area contributed by atoms with E-state index in [-0.39, 0.29) is 35.9 Å². The maximum absolute atomic E-state index is 13.0. The highest BCUT2D eigenvalue weighted by Gasteiger charge is 2.25. The van der Waals surface area contributed by atoms with Gasteiger partial charge in [-0.1, -0.05) is 0 Å². The summed E-state index contributed by atoms with van der Waals surface area (Å²) < 4.78 is 29.4. The Kier molecular flexibility index (Phi) is 12.4. The fourth-order valence-corrected chi connectivity index (χ4v) is 2.98. The average molecular weight is 509 g/mol. The van der Waals surface area contributed by atoms with E-state index in [0.717, 1.165) is 38.6 Å². The van der Waals surface area contributed by atoms with Gasteiger partial charge in [-0.3, -0.25) is 0 Å². The Morgan fingerprint density at radius 1 is 1.32 bits per heavy atom. The first-order valence-corrected chi connectivity index (χ1v) is 9.64. The second kappa shape index (κ2) is 13.9. The van der Waals surface area contributed by atoms with Crippen LogP contribution in [0.1, 0.15) is 20.3 Å². The van der Waals surface area contributed by atoms with Crippen LogP contribution in [0.2, 0.25) is 0 Å². The minimum Gasteiger partial charge on any atom is -0.489 e. The number of guanidine groups is 1. The van der Waals surface area contributed by atoms with Gasteiger partial charge in [-0.15, -0.1) is 24.0 Å². The summed E-state index contributed by atoms with van der Waals surface area (Å²) in [6.07, 6.45) is 0.999. The molecule has 0 spiro atoms.